The summed E-state index contributed by atoms with van der Waals surface area (Å²) in [6.07, 6.45) is 1.83. The van der Waals surface area contributed by atoms with Crippen molar-refractivity contribution in [2.45, 2.75) is 13.5 Å². The highest BCUT2D eigenvalue weighted by Crippen LogP contribution is 2.03. The fourth-order valence-electron chi connectivity index (χ4n) is 1.32. The van der Waals surface area contributed by atoms with Gasteiger partial charge in [-0.15, -0.1) is 0 Å². The molecular formula is C11H12N2. The Kier molecular flexibility index (Phi) is 2.13. The molecule has 0 N–H and O–H groups in total. The summed E-state index contributed by atoms with van der Waals surface area (Å²) in [6.45, 7) is 2.93. The SMILES string of the molecule is Cc1ccnn1Cc1ccccc1. The molecule has 0 aliphatic rings. The molecule has 0 spiro atoms. The smallest absolute Gasteiger partial charge is 0.0662 e. The molecule has 0 saturated heterocycles. The third kappa shape index (κ3) is 1.78. The highest BCUT2D eigenvalue weighted by molar-refractivity contribution is 5.15. The third-order valence-corrected chi connectivity index (χ3v) is 2.10. The van der Waals surface area contributed by atoms with E-state index in [9.17, 15) is 0 Å². The topological polar surface area (TPSA) is 17.8 Å². The van der Waals surface area contributed by atoms with E-state index in [0.717, 1.165) is 6.54 Å². The second kappa shape index (κ2) is 3.44. The standard InChI is InChI=1S/C11H12N2/c1-10-7-8-12-13(10)9-11-5-3-2-4-6-11/h2-8H,9H2,1H3. The van der Waals surface area contributed by atoms with Crippen LogP contribution >= 0.6 is 0 Å². The first-order chi connectivity index (χ1) is 6.36. The fraction of sp³-hybridized carbons (Fsp3) is 0.182. The van der Waals surface area contributed by atoms with Crippen molar-refractivity contribution in [1.29, 1.82) is 0 Å². The Morgan fingerprint density at radius 2 is 1.92 bits per heavy atom. The van der Waals surface area contributed by atoms with Crippen molar-refractivity contribution in [3.63, 3.8) is 0 Å². The first-order valence-corrected chi connectivity index (χ1v) is 4.38. The van der Waals surface area contributed by atoms with Gasteiger partial charge in [0.15, 0.2) is 0 Å². The van der Waals surface area contributed by atoms with E-state index < -0.39 is 0 Å². The van der Waals surface area contributed by atoms with Gasteiger partial charge < -0.3 is 0 Å². The van der Waals surface area contributed by atoms with Crippen molar-refractivity contribution in [1.82, 2.24) is 9.78 Å². The molecule has 0 amide bonds. The Morgan fingerprint density at radius 1 is 1.15 bits per heavy atom. The number of aryl methyl sites for hydroxylation is 1. The van der Waals surface area contributed by atoms with Gasteiger partial charge in [0.05, 0.1) is 6.54 Å². The molecule has 66 valence electrons. The number of hydrogen-bond donors (Lipinski definition) is 0. The molecule has 0 fully saturated rings. The molecule has 0 saturated carbocycles. The largest absolute Gasteiger partial charge is 0.265 e. The summed E-state index contributed by atoms with van der Waals surface area (Å²) in [7, 11) is 0. The van der Waals surface area contributed by atoms with E-state index in [4.69, 9.17) is 0 Å². The zero-order chi connectivity index (χ0) is 9.10. The molecule has 0 atom stereocenters. The number of hydrogen-bond acceptors (Lipinski definition) is 1. The first-order valence-electron chi connectivity index (χ1n) is 4.38. The Labute approximate surface area is 77.8 Å². The van der Waals surface area contributed by atoms with Gasteiger partial charge in [-0.25, -0.2) is 0 Å². The van der Waals surface area contributed by atoms with Crippen LogP contribution in [0.4, 0.5) is 0 Å². The van der Waals surface area contributed by atoms with Crippen LogP contribution in [0.15, 0.2) is 42.6 Å². The van der Waals surface area contributed by atoms with Crippen molar-refractivity contribution >= 4 is 0 Å². The highest BCUT2D eigenvalue weighted by atomic mass is 15.3. The summed E-state index contributed by atoms with van der Waals surface area (Å²) in [5.74, 6) is 0. The lowest BCUT2D eigenvalue weighted by Crippen LogP contribution is -2.02. The van der Waals surface area contributed by atoms with Gasteiger partial charge >= 0.3 is 0 Å². The van der Waals surface area contributed by atoms with Gasteiger partial charge in [-0.2, -0.15) is 5.10 Å². The molecule has 1 aromatic carbocycles. The van der Waals surface area contributed by atoms with E-state index in [1.54, 1.807) is 0 Å². The van der Waals surface area contributed by atoms with Crippen LogP contribution in [0.25, 0.3) is 0 Å². The minimum absolute atomic E-state index is 0.861. The summed E-state index contributed by atoms with van der Waals surface area (Å²) >= 11 is 0. The van der Waals surface area contributed by atoms with Gasteiger partial charge in [0.1, 0.15) is 0 Å². The molecule has 0 aliphatic heterocycles. The third-order valence-electron chi connectivity index (χ3n) is 2.10. The van der Waals surface area contributed by atoms with E-state index >= 15 is 0 Å². The predicted molar refractivity (Wildman–Crippen MR) is 52.5 cm³/mol. The molecule has 1 aromatic heterocycles. The van der Waals surface area contributed by atoms with Crippen molar-refractivity contribution in [2.75, 3.05) is 0 Å². The summed E-state index contributed by atoms with van der Waals surface area (Å²) in [5, 5.41) is 4.23. The highest BCUT2D eigenvalue weighted by Gasteiger charge is 1.96. The van der Waals surface area contributed by atoms with Crippen LogP contribution in [0.2, 0.25) is 0 Å². The number of benzene rings is 1. The van der Waals surface area contributed by atoms with Crippen molar-refractivity contribution in [3.8, 4) is 0 Å². The zero-order valence-corrected chi connectivity index (χ0v) is 7.64. The Hall–Kier alpha value is -1.57. The minimum Gasteiger partial charge on any atom is -0.265 e. The molecule has 0 bridgehead atoms. The maximum absolute atomic E-state index is 4.23. The monoisotopic (exact) mass is 172 g/mol. The lowest BCUT2D eigenvalue weighted by Gasteiger charge is -2.03. The molecule has 1 heterocycles. The van der Waals surface area contributed by atoms with E-state index in [-0.39, 0.29) is 0 Å². The molecule has 13 heavy (non-hydrogen) atoms. The Bertz CT molecular complexity index is 376. The van der Waals surface area contributed by atoms with E-state index in [1.165, 1.54) is 11.3 Å². The molecule has 2 nitrogen and oxygen atoms in total. The lowest BCUT2D eigenvalue weighted by atomic mass is 10.2. The Balaban J connectivity index is 2.20. The number of rotatable bonds is 2. The molecule has 0 radical (unpaired) electrons. The van der Waals surface area contributed by atoms with Crippen molar-refractivity contribution in [2.24, 2.45) is 0 Å². The summed E-state index contributed by atoms with van der Waals surface area (Å²) in [5.41, 5.74) is 2.48. The Morgan fingerprint density at radius 3 is 2.54 bits per heavy atom. The average molecular weight is 172 g/mol. The van der Waals surface area contributed by atoms with E-state index in [1.807, 2.05) is 35.1 Å². The van der Waals surface area contributed by atoms with Crippen molar-refractivity contribution in [3.05, 3.63) is 53.9 Å². The molecule has 2 rings (SSSR count). The van der Waals surface area contributed by atoms with Gasteiger partial charge in [-0.3, -0.25) is 4.68 Å². The molecule has 2 heteroatoms. The van der Waals surface area contributed by atoms with Gasteiger partial charge in [-0.05, 0) is 18.6 Å². The minimum atomic E-state index is 0.861. The van der Waals surface area contributed by atoms with Gasteiger partial charge in [0.2, 0.25) is 0 Å². The van der Waals surface area contributed by atoms with Gasteiger partial charge in [0.25, 0.3) is 0 Å². The quantitative estimate of drug-likeness (QED) is 0.679. The molecule has 2 aromatic rings. The second-order valence-electron chi connectivity index (χ2n) is 3.12. The number of aromatic nitrogens is 2. The summed E-state index contributed by atoms with van der Waals surface area (Å²) in [4.78, 5) is 0. The maximum atomic E-state index is 4.23. The van der Waals surface area contributed by atoms with E-state index in [2.05, 4.69) is 24.2 Å². The summed E-state index contributed by atoms with van der Waals surface area (Å²) < 4.78 is 2.00. The molecular weight excluding hydrogens is 160 g/mol. The van der Waals surface area contributed by atoms with Crippen LogP contribution in [0.1, 0.15) is 11.3 Å². The normalized spacial score (nSPS) is 10.2. The molecule has 0 aliphatic carbocycles. The summed E-state index contributed by atoms with van der Waals surface area (Å²) in [6, 6.07) is 12.4. The molecule has 0 unspecified atom stereocenters. The number of nitrogens with zero attached hydrogens (tertiary/aromatic N) is 2. The van der Waals surface area contributed by atoms with Gasteiger partial charge in [0, 0.05) is 11.9 Å². The zero-order valence-electron chi connectivity index (χ0n) is 7.64. The fourth-order valence-corrected chi connectivity index (χ4v) is 1.32. The predicted octanol–water partition coefficient (Wildman–Crippen LogP) is 2.24. The van der Waals surface area contributed by atoms with Crippen molar-refractivity contribution < 1.29 is 0 Å². The van der Waals surface area contributed by atoms with Crippen LogP contribution < -0.4 is 0 Å². The van der Waals surface area contributed by atoms with Crippen LogP contribution in [0.5, 0.6) is 0 Å². The van der Waals surface area contributed by atoms with Crippen LogP contribution in [0.3, 0.4) is 0 Å². The second-order valence-corrected chi connectivity index (χ2v) is 3.12. The van der Waals surface area contributed by atoms with Crippen LogP contribution in [-0.4, -0.2) is 9.78 Å². The van der Waals surface area contributed by atoms with Crippen LogP contribution in [0, 0.1) is 6.92 Å². The van der Waals surface area contributed by atoms with Gasteiger partial charge in [-0.1, -0.05) is 30.3 Å². The maximum Gasteiger partial charge on any atom is 0.0662 e. The average Bonchev–Trinajstić information content (AvgIpc) is 2.54. The first kappa shape index (κ1) is 8.05. The van der Waals surface area contributed by atoms with E-state index in [0.29, 0.717) is 0 Å². The van der Waals surface area contributed by atoms with Crippen LogP contribution in [-0.2, 0) is 6.54 Å². The lowest BCUT2D eigenvalue weighted by molar-refractivity contribution is 0.665.